The lowest BCUT2D eigenvalue weighted by atomic mass is 10.2. The van der Waals surface area contributed by atoms with E-state index in [-0.39, 0.29) is 40.0 Å². The Kier molecular flexibility index (Phi) is 7.15. The van der Waals surface area contributed by atoms with E-state index < -0.39 is 34.0 Å². The Labute approximate surface area is 175 Å². The zero-order valence-corrected chi connectivity index (χ0v) is 16.4. The number of esters is 1. The van der Waals surface area contributed by atoms with Gasteiger partial charge in [0.05, 0.1) is 26.7 Å². The molecule has 0 unspecified atom stereocenters. The number of amides is 1. The molecule has 0 saturated carbocycles. The van der Waals surface area contributed by atoms with Gasteiger partial charge in [-0.3, -0.25) is 24.6 Å². The molecule has 1 amide bonds. The van der Waals surface area contributed by atoms with E-state index in [1.165, 1.54) is 24.3 Å². The van der Waals surface area contributed by atoms with Gasteiger partial charge < -0.3 is 10.2 Å². The van der Waals surface area contributed by atoms with Crippen LogP contribution in [0, 0.1) is 10.1 Å². The van der Waals surface area contributed by atoms with Gasteiger partial charge in [0.2, 0.25) is 11.7 Å². The fourth-order valence-electron chi connectivity index (χ4n) is 2.46. The molecule has 0 spiro atoms. The molecule has 1 aromatic carbocycles. The van der Waals surface area contributed by atoms with Crippen molar-refractivity contribution in [1.82, 2.24) is 4.90 Å². The van der Waals surface area contributed by atoms with Gasteiger partial charge in [-0.2, -0.15) is 13.2 Å². The number of carbonyl (C=O) groups is 3. The lowest BCUT2D eigenvalue weighted by molar-refractivity contribution is -0.384. The highest BCUT2D eigenvalue weighted by Crippen LogP contribution is 2.51. The van der Waals surface area contributed by atoms with E-state index >= 15 is 0 Å². The fourth-order valence-corrected chi connectivity index (χ4v) is 5.08. The molecule has 2 aliphatic heterocycles. The van der Waals surface area contributed by atoms with Crippen molar-refractivity contribution >= 4 is 46.9 Å². The second-order valence-electron chi connectivity index (χ2n) is 5.89. The van der Waals surface area contributed by atoms with Crippen LogP contribution >= 0.6 is 23.5 Å². The Bertz CT molecular complexity index is 918. The van der Waals surface area contributed by atoms with Crippen molar-refractivity contribution in [3.8, 4) is 0 Å². The lowest BCUT2D eigenvalue weighted by Crippen LogP contribution is -2.48. The smallest absolute Gasteiger partial charge is 0.450 e. The van der Waals surface area contributed by atoms with Gasteiger partial charge >= 0.3 is 12.1 Å². The predicted molar refractivity (Wildman–Crippen MR) is 99.9 cm³/mol. The number of β-lactam (4-membered cyclic amide) rings is 1. The molecule has 1 atom stereocenters. The van der Waals surface area contributed by atoms with E-state index in [2.05, 4.69) is 0 Å². The molecule has 1 aromatic rings. The highest BCUT2D eigenvalue weighted by atomic mass is 32.2. The number of alkyl halides is 3. The number of nitro benzene ring substituents is 1. The van der Waals surface area contributed by atoms with Crippen molar-refractivity contribution in [2.75, 3.05) is 5.75 Å². The summed E-state index contributed by atoms with van der Waals surface area (Å²) in [5.74, 6) is -4.16. The number of hydrogen-bond donors (Lipinski definition) is 0. The Morgan fingerprint density at radius 2 is 1.93 bits per heavy atom. The molecule has 14 heteroatoms. The van der Waals surface area contributed by atoms with Crippen molar-refractivity contribution in [3.63, 3.8) is 0 Å². The average molecular weight is 466 g/mol. The Hall–Kier alpha value is -2.58. The molecule has 3 rings (SSSR count). The summed E-state index contributed by atoms with van der Waals surface area (Å²) in [6.45, 7) is -0.253. The van der Waals surface area contributed by atoms with Gasteiger partial charge in [-0.05, 0) is 17.7 Å². The lowest BCUT2D eigenvalue weighted by Gasteiger charge is -2.34. The van der Waals surface area contributed by atoms with Gasteiger partial charge in [-0.15, -0.1) is 11.8 Å². The summed E-state index contributed by atoms with van der Waals surface area (Å²) in [6.07, 6.45) is -4.86. The fraction of sp³-hybridized carbons (Fsp3) is 0.312. The number of hydrogen-bond acceptors (Lipinski definition) is 8. The molecular formula is C16H13F3N2O7S2. The first kappa shape index (κ1) is 23.7. The van der Waals surface area contributed by atoms with Crippen molar-refractivity contribution in [1.29, 1.82) is 0 Å². The maximum absolute atomic E-state index is 12.5. The third kappa shape index (κ3) is 4.94. The largest absolute Gasteiger partial charge is 0.456 e. The Morgan fingerprint density at radius 1 is 1.30 bits per heavy atom. The van der Waals surface area contributed by atoms with E-state index in [1.54, 1.807) is 0 Å². The van der Waals surface area contributed by atoms with Gasteiger partial charge in [0, 0.05) is 12.1 Å². The average Bonchev–Trinajstić information content (AvgIpc) is 2.95. The van der Waals surface area contributed by atoms with E-state index in [0.29, 0.717) is 17.3 Å². The zero-order valence-electron chi connectivity index (χ0n) is 14.8. The minimum atomic E-state index is -4.98. The molecule has 0 radical (unpaired) electrons. The molecule has 9 nitrogen and oxygen atoms in total. The van der Waals surface area contributed by atoms with Crippen LogP contribution in [-0.2, 0) is 25.7 Å². The molecule has 1 saturated heterocycles. The van der Waals surface area contributed by atoms with E-state index in [9.17, 15) is 37.7 Å². The summed E-state index contributed by atoms with van der Waals surface area (Å²) in [7, 11) is 0. The van der Waals surface area contributed by atoms with E-state index in [4.69, 9.17) is 4.74 Å². The van der Waals surface area contributed by atoms with Crippen molar-refractivity contribution in [2.24, 2.45) is 0 Å². The van der Waals surface area contributed by atoms with Gasteiger partial charge in [0.15, 0.2) is 5.70 Å². The van der Waals surface area contributed by atoms with Crippen LogP contribution < -0.4 is 0 Å². The van der Waals surface area contributed by atoms with Crippen LogP contribution in [0.25, 0.3) is 0 Å². The van der Waals surface area contributed by atoms with Crippen LogP contribution in [0.15, 0.2) is 34.2 Å². The molecule has 162 valence electrons. The van der Waals surface area contributed by atoms with Crippen molar-refractivity contribution in [2.45, 2.75) is 24.6 Å². The highest BCUT2D eigenvalue weighted by Gasteiger charge is 2.49. The number of fused-ring (bicyclic) bond motifs is 1. The van der Waals surface area contributed by atoms with Crippen LogP contribution in [0.3, 0.4) is 0 Å². The van der Waals surface area contributed by atoms with Crippen LogP contribution in [0.4, 0.5) is 18.9 Å². The molecule has 2 N–H and O–H groups in total. The summed E-state index contributed by atoms with van der Waals surface area (Å²) < 4.78 is 42.5. The third-order valence-electron chi connectivity index (χ3n) is 3.94. The summed E-state index contributed by atoms with van der Waals surface area (Å²) in [5.41, 5.74) is 0.123. The molecule has 2 heterocycles. The zero-order chi connectivity index (χ0) is 21.3. The number of nitrogens with zero attached hydrogens (tertiary/aromatic N) is 2. The summed E-state index contributed by atoms with van der Waals surface area (Å²) in [5, 5.41) is 10.2. The molecule has 0 aliphatic carbocycles. The van der Waals surface area contributed by atoms with Crippen LogP contribution in [0.2, 0.25) is 0 Å². The first-order chi connectivity index (χ1) is 13.6. The first-order valence-corrected chi connectivity index (χ1v) is 9.80. The minimum Gasteiger partial charge on any atom is -0.456 e. The standard InChI is InChI=1S/C16H11F3N2O6S2.H2O/c17-16(18,19)10(22)7-28-15-13(20-11(23)5-12(20)29-15)14(24)27-6-8-1-3-9(4-2-8)21(25)26;/h1-4,12H,5-7H2;1H2/t12-;/m1./s1. The van der Waals surface area contributed by atoms with Crippen LogP contribution in [0.5, 0.6) is 0 Å². The van der Waals surface area contributed by atoms with E-state index in [0.717, 1.165) is 16.7 Å². The first-order valence-electron chi connectivity index (χ1n) is 7.94. The molecular weight excluding hydrogens is 453 g/mol. The number of rotatable bonds is 7. The number of benzene rings is 1. The molecule has 2 aliphatic rings. The number of thioether (sulfide) groups is 2. The third-order valence-corrected chi connectivity index (χ3v) is 6.51. The molecule has 0 bridgehead atoms. The number of carbonyl (C=O) groups excluding carboxylic acids is 3. The van der Waals surface area contributed by atoms with Gasteiger partial charge in [0.1, 0.15) is 6.61 Å². The quantitative estimate of drug-likeness (QED) is 0.258. The van der Waals surface area contributed by atoms with Crippen LogP contribution in [0.1, 0.15) is 12.0 Å². The summed E-state index contributed by atoms with van der Waals surface area (Å²) in [6, 6.07) is 5.23. The van der Waals surface area contributed by atoms with Gasteiger partial charge in [-0.1, -0.05) is 11.8 Å². The maximum Gasteiger partial charge on any atom is 0.450 e. The number of ether oxygens (including phenoxy) is 1. The topological polar surface area (TPSA) is 138 Å². The minimum absolute atomic E-state index is 0. The summed E-state index contributed by atoms with van der Waals surface area (Å²) >= 11 is 1.57. The predicted octanol–water partition coefficient (Wildman–Crippen LogP) is 2.15. The number of nitro groups is 1. The highest BCUT2D eigenvalue weighted by molar-refractivity contribution is 8.23. The monoisotopic (exact) mass is 466 g/mol. The second-order valence-corrected chi connectivity index (χ2v) is 8.32. The number of halogens is 3. The van der Waals surface area contributed by atoms with Gasteiger partial charge in [0.25, 0.3) is 5.69 Å². The molecule has 30 heavy (non-hydrogen) atoms. The normalized spacial score (nSPS) is 17.8. The van der Waals surface area contributed by atoms with Gasteiger partial charge in [-0.25, -0.2) is 4.79 Å². The maximum atomic E-state index is 12.5. The molecule has 0 aromatic heterocycles. The van der Waals surface area contributed by atoms with Crippen molar-refractivity contribution < 1.29 is 42.7 Å². The Balaban J connectivity index is 0.00000320. The van der Waals surface area contributed by atoms with Crippen molar-refractivity contribution in [3.05, 3.63) is 49.9 Å². The molecule has 1 fully saturated rings. The SMILES string of the molecule is O.O=C(OCc1ccc([N+](=O)[O-])cc1)C1=C(SCC(=O)C(F)(F)F)S[C@@H]2CC(=O)N12. The van der Waals surface area contributed by atoms with E-state index in [1.807, 2.05) is 0 Å². The second kappa shape index (κ2) is 9.06. The Morgan fingerprint density at radius 3 is 2.47 bits per heavy atom. The van der Waals surface area contributed by atoms with Crippen LogP contribution in [-0.4, -0.2) is 50.3 Å². The summed E-state index contributed by atoms with van der Waals surface area (Å²) in [4.78, 5) is 46.6. The number of ketones is 1. The number of non-ortho nitro benzene ring substituents is 1. The number of Topliss-reactive ketones (excluding diaryl/α,β-unsaturated/α-hetero) is 1.